The van der Waals surface area contributed by atoms with Crippen LogP contribution in [-0.2, 0) is 6.54 Å². The minimum atomic E-state index is -0.274. The number of hydrogen-bond donors (Lipinski definition) is 2. The van der Waals surface area contributed by atoms with Gasteiger partial charge in [-0.15, -0.1) is 0 Å². The van der Waals surface area contributed by atoms with E-state index in [2.05, 4.69) is 22.1 Å². The molecule has 3 aromatic rings. The van der Waals surface area contributed by atoms with Crippen LogP contribution in [0.5, 0.6) is 17.2 Å². The number of likely N-dealkylation sites (N-methyl/N-ethyl adjacent to an activating group) is 1. The molecule has 36 heavy (non-hydrogen) atoms. The summed E-state index contributed by atoms with van der Waals surface area (Å²) in [4.78, 5) is 33.6. The van der Waals surface area contributed by atoms with Gasteiger partial charge < -0.3 is 29.4 Å². The maximum absolute atomic E-state index is 13.5. The summed E-state index contributed by atoms with van der Waals surface area (Å²) in [7, 11) is 1.57. The number of methoxy groups -OCH3 is 1. The van der Waals surface area contributed by atoms with E-state index in [1.165, 1.54) is 0 Å². The van der Waals surface area contributed by atoms with Crippen LogP contribution in [-0.4, -0.2) is 66.8 Å². The number of aromatic amines is 1. The van der Waals surface area contributed by atoms with Crippen molar-refractivity contribution < 1.29 is 19.0 Å². The van der Waals surface area contributed by atoms with Gasteiger partial charge in [0.25, 0.3) is 5.56 Å². The Morgan fingerprint density at radius 2 is 1.97 bits per heavy atom. The van der Waals surface area contributed by atoms with Crippen molar-refractivity contribution in [1.82, 2.24) is 14.8 Å². The number of nitrogens with zero attached hydrogens (tertiary/aromatic N) is 2. The van der Waals surface area contributed by atoms with Crippen LogP contribution >= 0.6 is 0 Å². The molecule has 0 aliphatic carbocycles. The molecular formula is C27H32N4O5. The average molecular weight is 493 g/mol. The summed E-state index contributed by atoms with van der Waals surface area (Å²) in [5, 5.41) is 3.81. The summed E-state index contributed by atoms with van der Waals surface area (Å²) in [6.45, 7) is 5.75. The van der Waals surface area contributed by atoms with E-state index in [4.69, 9.17) is 14.2 Å². The molecule has 2 aliphatic heterocycles. The normalized spacial score (nSPS) is 17.2. The molecule has 1 saturated heterocycles. The number of rotatable bonds is 7. The number of pyridine rings is 1. The van der Waals surface area contributed by atoms with Crippen LogP contribution in [0.25, 0.3) is 10.9 Å². The van der Waals surface area contributed by atoms with Crippen LogP contribution in [0.3, 0.4) is 0 Å². The highest BCUT2D eigenvalue weighted by atomic mass is 16.6. The number of ether oxygens (including phenoxy) is 3. The lowest BCUT2D eigenvalue weighted by atomic mass is 10.1. The molecule has 9 heteroatoms. The number of fused-ring (bicyclic) bond motifs is 2. The first-order chi connectivity index (χ1) is 17.6. The summed E-state index contributed by atoms with van der Waals surface area (Å²) in [5.74, 6) is 1.86. The zero-order chi connectivity index (χ0) is 25.1. The second-order valence-electron chi connectivity index (χ2n) is 9.14. The van der Waals surface area contributed by atoms with Gasteiger partial charge in [-0.3, -0.25) is 9.69 Å². The monoisotopic (exact) mass is 492 g/mol. The van der Waals surface area contributed by atoms with Crippen molar-refractivity contribution in [1.29, 1.82) is 0 Å². The number of urea groups is 1. The molecule has 0 spiro atoms. The number of hydrogen-bond acceptors (Lipinski definition) is 6. The topological polar surface area (TPSA) is 96.1 Å². The van der Waals surface area contributed by atoms with Gasteiger partial charge >= 0.3 is 6.03 Å². The quantitative estimate of drug-likeness (QED) is 0.521. The minimum absolute atomic E-state index is 0.175. The number of carbonyl (C=O) groups excluding carboxylic acids is 1. The summed E-state index contributed by atoms with van der Waals surface area (Å²) in [5.41, 5.74) is 1.54. The molecule has 2 aliphatic rings. The van der Waals surface area contributed by atoms with Crippen molar-refractivity contribution in [2.75, 3.05) is 45.3 Å². The molecule has 1 fully saturated rings. The van der Waals surface area contributed by atoms with E-state index in [1.54, 1.807) is 30.2 Å². The predicted octanol–water partition coefficient (Wildman–Crippen LogP) is 3.83. The molecule has 2 amide bonds. The van der Waals surface area contributed by atoms with E-state index >= 15 is 0 Å². The van der Waals surface area contributed by atoms with Crippen molar-refractivity contribution in [3.63, 3.8) is 0 Å². The van der Waals surface area contributed by atoms with Gasteiger partial charge in [0.05, 0.1) is 24.9 Å². The zero-order valence-corrected chi connectivity index (χ0v) is 20.7. The van der Waals surface area contributed by atoms with Crippen LogP contribution in [0.2, 0.25) is 0 Å². The van der Waals surface area contributed by atoms with Gasteiger partial charge in [0.1, 0.15) is 19.0 Å². The number of aromatic nitrogens is 1. The molecule has 1 atom stereocenters. The molecule has 0 radical (unpaired) electrons. The number of likely N-dealkylation sites (tertiary alicyclic amines) is 1. The Morgan fingerprint density at radius 3 is 2.75 bits per heavy atom. The molecule has 0 bridgehead atoms. The van der Waals surface area contributed by atoms with E-state index < -0.39 is 0 Å². The standard InChI is InChI=1S/C27H32N4O5/c1-3-30-10-6-7-20(30)17-31(27(33)29-21-8-4-5-9-23(21)34-2)16-19-13-18-14-24-25(36-12-11-35-24)15-22(18)28-26(19)32/h4-5,8-9,13-15,20H,3,6-7,10-12,16-17H2,1-2H3,(H,28,32)(H,29,33). The molecule has 2 aromatic carbocycles. The van der Waals surface area contributed by atoms with E-state index in [0.717, 1.165) is 31.3 Å². The summed E-state index contributed by atoms with van der Waals surface area (Å²) in [6, 6.07) is 12.8. The Hall–Kier alpha value is -3.72. The molecule has 190 valence electrons. The highest BCUT2D eigenvalue weighted by Crippen LogP contribution is 2.34. The molecule has 9 nitrogen and oxygen atoms in total. The third-order valence-corrected chi connectivity index (χ3v) is 6.92. The number of amides is 2. The van der Waals surface area contributed by atoms with E-state index in [9.17, 15) is 9.59 Å². The number of para-hydroxylation sites is 2. The third-order valence-electron chi connectivity index (χ3n) is 6.92. The van der Waals surface area contributed by atoms with Crippen LogP contribution in [0.1, 0.15) is 25.3 Å². The fourth-order valence-corrected chi connectivity index (χ4v) is 5.05. The number of benzene rings is 2. The summed E-state index contributed by atoms with van der Waals surface area (Å²) in [6.07, 6.45) is 2.12. The minimum Gasteiger partial charge on any atom is -0.495 e. The second kappa shape index (κ2) is 10.5. The van der Waals surface area contributed by atoms with Gasteiger partial charge in [0.15, 0.2) is 11.5 Å². The predicted molar refractivity (Wildman–Crippen MR) is 138 cm³/mol. The number of carbonyl (C=O) groups is 1. The van der Waals surface area contributed by atoms with Crippen LogP contribution in [0.15, 0.2) is 47.3 Å². The summed E-state index contributed by atoms with van der Waals surface area (Å²) < 4.78 is 16.8. The molecule has 1 unspecified atom stereocenters. The van der Waals surface area contributed by atoms with Crippen molar-refractivity contribution >= 4 is 22.6 Å². The Balaban J connectivity index is 1.45. The molecule has 0 saturated carbocycles. The fourth-order valence-electron chi connectivity index (χ4n) is 5.05. The Kier molecular flexibility index (Phi) is 6.99. The Labute approximate surface area is 209 Å². The van der Waals surface area contributed by atoms with Crippen molar-refractivity contribution in [3.05, 3.63) is 58.4 Å². The van der Waals surface area contributed by atoms with Gasteiger partial charge in [-0.25, -0.2) is 4.79 Å². The van der Waals surface area contributed by atoms with E-state index in [1.807, 2.05) is 24.3 Å². The largest absolute Gasteiger partial charge is 0.495 e. The SMILES string of the molecule is CCN1CCCC1CN(Cc1cc2cc3c(cc2[nH]c1=O)OCCO3)C(=O)Nc1ccccc1OC. The molecule has 2 N–H and O–H groups in total. The molecule has 3 heterocycles. The van der Waals surface area contributed by atoms with Crippen molar-refractivity contribution in [2.24, 2.45) is 0 Å². The number of anilines is 1. The molecule has 5 rings (SSSR count). The number of nitrogens with one attached hydrogen (secondary N) is 2. The van der Waals surface area contributed by atoms with Crippen LogP contribution in [0.4, 0.5) is 10.5 Å². The second-order valence-corrected chi connectivity index (χ2v) is 9.14. The average Bonchev–Trinajstić information content (AvgIpc) is 3.35. The first-order valence-electron chi connectivity index (χ1n) is 12.4. The van der Waals surface area contributed by atoms with E-state index in [-0.39, 0.29) is 24.2 Å². The van der Waals surface area contributed by atoms with Crippen molar-refractivity contribution in [3.8, 4) is 17.2 Å². The maximum atomic E-state index is 13.5. The van der Waals surface area contributed by atoms with Gasteiger partial charge in [-0.1, -0.05) is 19.1 Å². The lowest BCUT2D eigenvalue weighted by Crippen LogP contribution is -2.45. The third kappa shape index (κ3) is 4.97. The first-order valence-corrected chi connectivity index (χ1v) is 12.4. The fraction of sp³-hybridized carbons (Fsp3) is 0.407. The van der Waals surface area contributed by atoms with Gasteiger partial charge in [0, 0.05) is 29.6 Å². The van der Waals surface area contributed by atoms with Gasteiger partial charge in [-0.05, 0) is 50.2 Å². The van der Waals surface area contributed by atoms with Crippen LogP contribution < -0.4 is 25.1 Å². The highest BCUT2D eigenvalue weighted by molar-refractivity contribution is 5.91. The van der Waals surface area contributed by atoms with Gasteiger partial charge in [-0.2, -0.15) is 0 Å². The lowest BCUT2D eigenvalue weighted by Gasteiger charge is -2.30. The first kappa shape index (κ1) is 24.0. The smallest absolute Gasteiger partial charge is 0.322 e. The van der Waals surface area contributed by atoms with Crippen molar-refractivity contribution in [2.45, 2.75) is 32.4 Å². The molecule has 1 aromatic heterocycles. The van der Waals surface area contributed by atoms with Crippen LogP contribution in [0, 0.1) is 0 Å². The molecular weight excluding hydrogens is 460 g/mol. The summed E-state index contributed by atoms with van der Waals surface area (Å²) >= 11 is 0. The van der Waals surface area contributed by atoms with Gasteiger partial charge in [0.2, 0.25) is 0 Å². The highest BCUT2D eigenvalue weighted by Gasteiger charge is 2.28. The van der Waals surface area contributed by atoms with E-state index in [0.29, 0.717) is 53.8 Å². The number of H-pyrrole nitrogens is 1. The maximum Gasteiger partial charge on any atom is 0.322 e. The Morgan fingerprint density at radius 1 is 1.19 bits per heavy atom. The lowest BCUT2D eigenvalue weighted by molar-refractivity contribution is 0.172. The zero-order valence-electron chi connectivity index (χ0n) is 20.7. The Bertz CT molecular complexity index is 1310.